The maximum atomic E-state index is 13.5. The van der Waals surface area contributed by atoms with Gasteiger partial charge in [-0.3, -0.25) is 14.6 Å². The molecule has 1 aromatic heterocycles. The van der Waals surface area contributed by atoms with Gasteiger partial charge in [0.15, 0.2) is 0 Å². The maximum Gasteiger partial charge on any atom is 0.242 e. The summed E-state index contributed by atoms with van der Waals surface area (Å²) in [5.74, 6) is -0.846. The largest absolute Gasteiger partial charge is 0.350 e. The molecule has 3 rings (SSSR count). The van der Waals surface area contributed by atoms with Crippen LogP contribution in [0.5, 0.6) is 0 Å². The second-order valence-electron chi connectivity index (χ2n) is 8.41. The first kappa shape index (κ1) is 27.3. The number of hydrogen-bond donors (Lipinski definition) is 1. The van der Waals surface area contributed by atoms with Crippen LogP contribution in [-0.2, 0) is 39.2 Å². The van der Waals surface area contributed by atoms with Crippen LogP contribution in [0.3, 0.4) is 0 Å². The molecule has 3 aromatic rings. The van der Waals surface area contributed by atoms with E-state index < -0.39 is 28.5 Å². The smallest absolute Gasteiger partial charge is 0.242 e. The molecule has 2 amide bonds. The normalized spacial score (nSPS) is 12.2. The fourth-order valence-corrected chi connectivity index (χ4v) is 4.38. The highest BCUT2D eigenvalue weighted by molar-refractivity contribution is 7.88. The number of pyridine rings is 1. The summed E-state index contributed by atoms with van der Waals surface area (Å²) >= 11 is 6.00. The summed E-state index contributed by atoms with van der Waals surface area (Å²) < 4.78 is 26.1. The minimum Gasteiger partial charge on any atom is -0.350 e. The number of rotatable bonds is 11. The van der Waals surface area contributed by atoms with Gasteiger partial charge in [0.25, 0.3) is 0 Å². The number of aromatic nitrogens is 1. The highest BCUT2D eigenvalue weighted by Crippen LogP contribution is 2.16. The summed E-state index contributed by atoms with van der Waals surface area (Å²) in [6.07, 6.45) is 4.33. The van der Waals surface area contributed by atoms with Gasteiger partial charge in [0.2, 0.25) is 21.8 Å². The van der Waals surface area contributed by atoms with Gasteiger partial charge in [0.05, 0.1) is 12.8 Å². The van der Waals surface area contributed by atoms with Crippen molar-refractivity contribution in [3.8, 4) is 0 Å². The van der Waals surface area contributed by atoms with Crippen molar-refractivity contribution >= 4 is 33.4 Å². The van der Waals surface area contributed by atoms with E-state index in [1.807, 2.05) is 6.07 Å². The Morgan fingerprint density at radius 1 is 0.917 bits per heavy atom. The molecular formula is C26H29ClN4O4S. The molecule has 0 bridgehead atoms. The van der Waals surface area contributed by atoms with Gasteiger partial charge in [-0.05, 0) is 47.9 Å². The Morgan fingerprint density at radius 3 is 2.14 bits per heavy atom. The minimum absolute atomic E-state index is 0.0445. The van der Waals surface area contributed by atoms with Gasteiger partial charge in [-0.1, -0.05) is 54.1 Å². The maximum absolute atomic E-state index is 13.5. The number of nitrogens with zero attached hydrogens (tertiary/aromatic N) is 3. The van der Waals surface area contributed by atoms with Gasteiger partial charge in [-0.2, -0.15) is 4.31 Å². The van der Waals surface area contributed by atoms with Crippen molar-refractivity contribution in [2.45, 2.75) is 32.6 Å². The molecule has 10 heteroatoms. The van der Waals surface area contributed by atoms with Crippen molar-refractivity contribution in [1.29, 1.82) is 0 Å². The SMILES string of the molecule is C[C@H](C(=O)NCc1ccncc1)N(Cc1ccc(Cl)cc1)C(=O)CN(Cc1ccccc1)S(C)(=O)=O. The quantitative estimate of drug-likeness (QED) is 0.412. The number of carbonyl (C=O) groups is 2. The Kier molecular flexibility index (Phi) is 9.58. The van der Waals surface area contributed by atoms with Crippen LogP contribution in [0, 0.1) is 0 Å². The summed E-state index contributed by atoms with van der Waals surface area (Å²) in [6.45, 7) is 1.66. The molecule has 0 saturated heterocycles. The second-order valence-corrected chi connectivity index (χ2v) is 10.8. The van der Waals surface area contributed by atoms with E-state index in [-0.39, 0.29) is 25.5 Å². The molecule has 0 spiro atoms. The number of benzene rings is 2. The number of amides is 2. The van der Waals surface area contributed by atoms with Crippen LogP contribution in [-0.4, -0.2) is 53.3 Å². The summed E-state index contributed by atoms with van der Waals surface area (Å²) in [5, 5.41) is 3.39. The van der Waals surface area contributed by atoms with Crippen LogP contribution in [0.15, 0.2) is 79.1 Å². The summed E-state index contributed by atoms with van der Waals surface area (Å²) in [6, 6.07) is 18.7. The third kappa shape index (κ3) is 8.15. The first-order chi connectivity index (χ1) is 17.1. The van der Waals surface area contributed by atoms with Gasteiger partial charge in [-0.25, -0.2) is 8.42 Å². The van der Waals surface area contributed by atoms with E-state index in [1.165, 1.54) is 4.90 Å². The number of hydrogen-bond acceptors (Lipinski definition) is 5. The zero-order valence-corrected chi connectivity index (χ0v) is 21.7. The highest BCUT2D eigenvalue weighted by atomic mass is 35.5. The molecular weight excluding hydrogens is 500 g/mol. The van der Waals surface area contributed by atoms with E-state index in [1.54, 1.807) is 80.0 Å². The zero-order chi connectivity index (χ0) is 26.1. The van der Waals surface area contributed by atoms with Gasteiger partial charge in [0.1, 0.15) is 6.04 Å². The van der Waals surface area contributed by atoms with Gasteiger partial charge in [0, 0.05) is 37.1 Å². The second kappa shape index (κ2) is 12.6. The summed E-state index contributed by atoms with van der Waals surface area (Å²) in [5.41, 5.74) is 2.38. The lowest BCUT2D eigenvalue weighted by Crippen LogP contribution is -2.50. The molecule has 2 aromatic carbocycles. The van der Waals surface area contributed by atoms with Crippen molar-refractivity contribution in [2.24, 2.45) is 0 Å². The fourth-order valence-electron chi connectivity index (χ4n) is 3.53. The molecule has 190 valence electrons. The molecule has 0 aliphatic rings. The third-order valence-corrected chi connectivity index (χ3v) is 7.08. The Hall–Kier alpha value is -3.27. The van der Waals surface area contributed by atoms with E-state index in [2.05, 4.69) is 10.3 Å². The lowest BCUT2D eigenvalue weighted by molar-refractivity contribution is -0.140. The van der Waals surface area contributed by atoms with Crippen molar-refractivity contribution in [1.82, 2.24) is 19.5 Å². The van der Waals surface area contributed by atoms with Crippen LogP contribution >= 0.6 is 11.6 Å². The van der Waals surface area contributed by atoms with E-state index in [0.717, 1.165) is 27.3 Å². The monoisotopic (exact) mass is 528 g/mol. The molecule has 1 heterocycles. The standard InChI is InChI=1S/C26H29ClN4O4S/c1-20(26(33)29-16-21-12-14-28-15-13-21)31(18-23-8-10-24(27)11-9-23)25(32)19-30(36(2,34)35)17-22-6-4-3-5-7-22/h3-15,20H,16-19H2,1-2H3,(H,29,33)/t20-/m1/s1. The average molecular weight is 529 g/mol. The van der Waals surface area contributed by atoms with Crippen LogP contribution < -0.4 is 5.32 Å². The van der Waals surface area contributed by atoms with Crippen molar-refractivity contribution in [3.05, 3.63) is 101 Å². The van der Waals surface area contributed by atoms with Crippen molar-refractivity contribution in [2.75, 3.05) is 12.8 Å². The van der Waals surface area contributed by atoms with Crippen LogP contribution in [0.4, 0.5) is 0 Å². The number of halogens is 1. The molecule has 0 saturated carbocycles. The zero-order valence-electron chi connectivity index (χ0n) is 20.2. The lowest BCUT2D eigenvalue weighted by Gasteiger charge is -2.31. The first-order valence-corrected chi connectivity index (χ1v) is 13.6. The predicted molar refractivity (Wildman–Crippen MR) is 139 cm³/mol. The Balaban J connectivity index is 1.80. The minimum atomic E-state index is -3.70. The van der Waals surface area contributed by atoms with Crippen LogP contribution in [0.2, 0.25) is 5.02 Å². The summed E-state index contributed by atoms with van der Waals surface area (Å²) in [4.78, 5) is 31.8. The topological polar surface area (TPSA) is 99.7 Å². The summed E-state index contributed by atoms with van der Waals surface area (Å²) in [7, 11) is -3.70. The molecule has 8 nitrogen and oxygen atoms in total. The van der Waals surface area contributed by atoms with E-state index in [4.69, 9.17) is 11.6 Å². The van der Waals surface area contributed by atoms with Gasteiger partial charge in [-0.15, -0.1) is 0 Å². The number of nitrogens with one attached hydrogen (secondary N) is 1. The fraction of sp³-hybridized carbons (Fsp3) is 0.269. The average Bonchev–Trinajstić information content (AvgIpc) is 2.86. The molecule has 0 fully saturated rings. The third-order valence-electron chi connectivity index (χ3n) is 5.63. The van der Waals surface area contributed by atoms with Crippen LogP contribution in [0.25, 0.3) is 0 Å². The van der Waals surface area contributed by atoms with Crippen molar-refractivity contribution < 1.29 is 18.0 Å². The molecule has 0 unspecified atom stereocenters. The molecule has 1 N–H and O–H groups in total. The Labute approximate surface area is 217 Å². The number of carbonyl (C=O) groups excluding carboxylic acids is 2. The Bertz CT molecular complexity index is 1260. The van der Waals surface area contributed by atoms with Crippen LogP contribution in [0.1, 0.15) is 23.6 Å². The first-order valence-electron chi connectivity index (χ1n) is 11.3. The molecule has 1 atom stereocenters. The molecule has 36 heavy (non-hydrogen) atoms. The molecule has 0 aliphatic carbocycles. The van der Waals surface area contributed by atoms with Gasteiger partial charge >= 0.3 is 0 Å². The van der Waals surface area contributed by atoms with Crippen molar-refractivity contribution in [3.63, 3.8) is 0 Å². The van der Waals surface area contributed by atoms with E-state index >= 15 is 0 Å². The Morgan fingerprint density at radius 2 is 1.53 bits per heavy atom. The molecule has 0 radical (unpaired) electrons. The van der Waals surface area contributed by atoms with E-state index in [0.29, 0.717) is 5.02 Å². The lowest BCUT2D eigenvalue weighted by atomic mass is 10.1. The molecule has 0 aliphatic heterocycles. The number of sulfonamides is 1. The van der Waals surface area contributed by atoms with Gasteiger partial charge < -0.3 is 10.2 Å². The highest BCUT2D eigenvalue weighted by Gasteiger charge is 2.29. The van der Waals surface area contributed by atoms with E-state index in [9.17, 15) is 18.0 Å². The predicted octanol–water partition coefficient (Wildman–Crippen LogP) is 3.23.